The van der Waals surface area contributed by atoms with Crippen molar-refractivity contribution in [1.29, 1.82) is 0 Å². The summed E-state index contributed by atoms with van der Waals surface area (Å²) in [6.07, 6.45) is 0. The lowest BCUT2D eigenvalue weighted by Gasteiger charge is -2.13. The van der Waals surface area contributed by atoms with Crippen LogP contribution in [0.2, 0.25) is 5.02 Å². The predicted molar refractivity (Wildman–Crippen MR) is 98.2 cm³/mol. The van der Waals surface area contributed by atoms with Crippen molar-refractivity contribution in [3.63, 3.8) is 0 Å². The van der Waals surface area contributed by atoms with Crippen molar-refractivity contribution in [2.75, 3.05) is 5.32 Å². The summed E-state index contributed by atoms with van der Waals surface area (Å²) in [7, 11) is 0. The molecule has 7 heteroatoms. The van der Waals surface area contributed by atoms with E-state index in [2.05, 4.69) is 5.32 Å². The molecule has 3 aromatic rings. The largest absolute Gasteiger partial charge is 0.331 e. The topological polar surface area (TPSA) is 73.1 Å². The molecule has 25 heavy (non-hydrogen) atoms. The molecule has 0 saturated heterocycles. The van der Waals surface area contributed by atoms with Crippen molar-refractivity contribution in [2.24, 2.45) is 0 Å². The third-order valence-corrected chi connectivity index (χ3v) is 4.13. The lowest BCUT2D eigenvalue weighted by molar-refractivity contribution is -0.116. The molecule has 2 aromatic carbocycles. The van der Waals surface area contributed by atoms with Crippen molar-refractivity contribution in [2.45, 2.75) is 20.0 Å². The second-order valence-electron chi connectivity index (χ2n) is 5.49. The smallest absolute Gasteiger partial charge is 0.325 e. The van der Waals surface area contributed by atoms with Gasteiger partial charge in [-0.15, -0.1) is 0 Å². The quantitative estimate of drug-likeness (QED) is 0.779. The molecule has 1 aromatic heterocycles. The summed E-state index contributed by atoms with van der Waals surface area (Å²) in [4.78, 5) is 37.3. The third-order valence-electron chi connectivity index (χ3n) is 3.88. The van der Waals surface area contributed by atoms with Gasteiger partial charge in [-0.25, -0.2) is 4.79 Å². The maximum Gasteiger partial charge on any atom is 0.331 e. The zero-order valence-corrected chi connectivity index (χ0v) is 14.3. The number of para-hydroxylation sites is 1. The predicted octanol–water partition coefficient (Wildman–Crippen LogP) is 2.48. The number of anilines is 1. The van der Waals surface area contributed by atoms with Crippen molar-refractivity contribution < 1.29 is 4.79 Å². The number of carbonyl (C=O) groups excluding carboxylic acids is 1. The molecule has 6 nitrogen and oxygen atoms in total. The second-order valence-corrected chi connectivity index (χ2v) is 5.93. The highest BCUT2D eigenvalue weighted by atomic mass is 35.5. The van der Waals surface area contributed by atoms with Gasteiger partial charge in [0.2, 0.25) is 5.91 Å². The Morgan fingerprint density at radius 1 is 1.04 bits per heavy atom. The monoisotopic (exact) mass is 357 g/mol. The average molecular weight is 358 g/mol. The molecule has 0 aliphatic rings. The molecule has 0 aliphatic carbocycles. The van der Waals surface area contributed by atoms with Crippen LogP contribution in [0.1, 0.15) is 6.92 Å². The Morgan fingerprint density at radius 3 is 2.40 bits per heavy atom. The Balaban J connectivity index is 2.00. The molecular weight excluding hydrogens is 342 g/mol. The highest BCUT2D eigenvalue weighted by Gasteiger charge is 2.14. The standard InChI is InChI=1S/C18H16ClN3O3/c1-2-21-17(24)14-5-3-4-6-15(14)22(18(21)25)11-16(23)20-13-9-7-12(19)8-10-13/h3-10H,2,11H2,1H3,(H,20,23). The number of benzene rings is 2. The van der Waals surface area contributed by atoms with Gasteiger partial charge in [0.1, 0.15) is 6.54 Å². The summed E-state index contributed by atoms with van der Waals surface area (Å²) in [5.74, 6) is -0.365. The molecule has 0 bridgehead atoms. The molecule has 128 valence electrons. The molecule has 0 aliphatic heterocycles. The first-order valence-corrected chi connectivity index (χ1v) is 8.17. The molecule has 0 fully saturated rings. The van der Waals surface area contributed by atoms with Gasteiger partial charge >= 0.3 is 5.69 Å². The van der Waals surface area contributed by atoms with Gasteiger partial charge in [-0.2, -0.15) is 0 Å². The number of carbonyl (C=O) groups is 1. The molecule has 3 rings (SSSR count). The van der Waals surface area contributed by atoms with E-state index in [1.165, 1.54) is 4.57 Å². The zero-order valence-electron chi connectivity index (χ0n) is 13.5. The van der Waals surface area contributed by atoms with E-state index in [1.807, 2.05) is 0 Å². The summed E-state index contributed by atoms with van der Waals surface area (Å²) in [5.41, 5.74) is 0.166. The van der Waals surface area contributed by atoms with Crippen LogP contribution in [0.3, 0.4) is 0 Å². The highest BCUT2D eigenvalue weighted by Crippen LogP contribution is 2.13. The number of hydrogen-bond acceptors (Lipinski definition) is 3. The molecule has 0 saturated carbocycles. The highest BCUT2D eigenvalue weighted by molar-refractivity contribution is 6.30. The van der Waals surface area contributed by atoms with Crippen LogP contribution in [0.15, 0.2) is 58.1 Å². The number of nitrogens with one attached hydrogen (secondary N) is 1. The minimum atomic E-state index is -0.502. The second kappa shape index (κ2) is 6.94. The van der Waals surface area contributed by atoms with Crippen LogP contribution < -0.4 is 16.6 Å². The number of rotatable bonds is 4. The van der Waals surface area contributed by atoms with Gasteiger partial charge in [-0.1, -0.05) is 23.7 Å². The zero-order chi connectivity index (χ0) is 18.0. The molecule has 1 N–H and O–H groups in total. The minimum absolute atomic E-state index is 0.192. The minimum Gasteiger partial charge on any atom is -0.325 e. The van der Waals surface area contributed by atoms with E-state index >= 15 is 0 Å². The number of halogens is 1. The van der Waals surface area contributed by atoms with Crippen LogP contribution in [-0.4, -0.2) is 15.0 Å². The summed E-state index contributed by atoms with van der Waals surface area (Å²) in [6, 6.07) is 13.4. The first kappa shape index (κ1) is 17.0. The van der Waals surface area contributed by atoms with Gasteiger partial charge in [0, 0.05) is 17.3 Å². The van der Waals surface area contributed by atoms with Gasteiger partial charge in [0.25, 0.3) is 5.56 Å². The first-order valence-electron chi connectivity index (χ1n) is 7.79. The number of nitrogens with zero attached hydrogens (tertiary/aromatic N) is 2. The van der Waals surface area contributed by atoms with Crippen LogP contribution in [0, 0.1) is 0 Å². The number of hydrogen-bond donors (Lipinski definition) is 1. The Kier molecular flexibility index (Phi) is 4.72. The summed E-state index contributed by atoms with van der Waals surface area (Å²) < 4.78 is 2.43. The Labute approximate surface area is 148 Å². The summed E-state index contributed by atoms with van der Waals surface area (Å²) >= 11 is 5.82. The van der Waals surface area contributed by atoms with Crippen LogP contribution in [0.5, 0.6) is 0 Å². The van der Waals surface area contributed by atoms with Gasteiger partial charge in [0.15, 0.2) is 0 Å². The van der Waals surface area contributed by atoms with E-state index in [9.17, 15) is 14.4 Å². The summed E-state index contributed by atoms with van der Waals surface area (Å²) in [5, 5.41) is 3.69. The first-order chi connectivity index (χ1) is 12.0. The maximum atomic E-state index is 12.6. The fourth-order valence-electron chi connectivity index (χ4n) is 2.68. The molecule has 0 unspecified atom stereocenters. The third kappa shape index (κ3) is 3.34. The number of fused-ring (bicyclic) bond motifs is 1. The lowest BCUT2D eigenvalue weighted by Crippen LogP contribution is -2.41. The maximum absolute atomic E-state index is 12.6. The SMILES string of the molecule is CCn1c(=O)c2ccccc2n(CC(=O)Nc2ccc(Cl)cc2)c1=O. The van der Waals surface area contributed by atoms with E-state index in [1.54, 1.807) is 55.5 Å². The molecule has 1 amide bonds. The van der Waals surface area contributed by atoms with Gasteiger partial charge in [-0.3, -0.25) is 18.7 Å². The van der Waals surface area contributed by atoms with Gasteiger partial charge in [-0.05, 0) is 43.3 Å². The van der Waals surface area contributed by atoms with Crippen LogP contribution >= 0.6 is 11.6 Å². The van der Waals surface area contributed by atoms with E-state index in [-0.39, 0.29) is 24.6 Å². The lowest BCUT2D eigenvalue weighted by atomic mass is 10.2. The Hall–Kier alpha value is -2.86. The normalized spacial score (nSPS) is 10.8. The average Bonchev–Trinajstić information content (AvgIpc) is 2.61. The fraction of sp³-hybridized carbons (Fsp3) is 0.167. The molecule has 0 spiro atoms. The van der Waals surface area contributed by atoms with E-state index in [0.717, 1.165) is 4.57 Å². The van der Waals surface area contributed by atoms with E-state index in [0.29, 0.717) is 21.6 Å². The molecule has 1 heterocycles. The Bertz CT molecular complexity index is 1050. The van der Waals surface area contributed by atoms with Crippen molar-refractivity contribution in [3.8, 4) is 0 Å². The van der Waals surface area contributed by atoms with E-state index < -0.39 is 5.69 Å². The summed E-state index contributed by atoms with van der Waals surface area (Å²) in [6.45, 7) is 1.76. The fourth-order valence-corrected chi connectivity index (χ4v) is 2.81. The van der Waals surface area contributed by atoms with Crippen LogP contribution in [-0.2, 0) is 17.9 Å². The van der Waals surface area contributed by atoms with Crippen molar-refractivity contribution in [3.05, 3.63) is 74.4 Å². The van der Waals surface area contributed by atoms with Crippen LogP contribution in [0.4, 0.5) is 5.69 Å². The van der Waals surface area contributed by atoms with Crippen LogP contribution in [0.25, 0.3) is 10.9 Å². The van der Waals surface area contributed by atoms with Crippen molar-refractivity contribution >= 4 is 34.1 Å². The van der Waals surface area contributed by atoms with Gasteiger partial charge < -0.3 is 5.32 Å². The Morgan fingerprint density at radius 2 is 1.72 bits per heavy atom. The van der Waals surface area contributed by atoms with Gasteiger partial charge in [0.05, 0.1) is 10.9 Å². The number of aromatic nitrogens is 2. The molecule has 0 atom stereocenters. The van der Waals surface area contributed by atoms with Crippen molar-refractivity contribution in [1.82, 2.24) is 9.13 Å². The molecule has 0 radical (unpaired) electrons. The molecular formula is C18H16ClN3O3. The number of amides is 1. The van der Waals surface area contributed by atoms with E-state index in [4.69, 9.17) is 11.6 Å².